The number of carbonyl (C=O) groups excluding carboxylic acids is 3. The summed E-state index contributed by atoms with van der Waals surface area (Å²) in [6.45, 7) is 6.33. The van der Waals surface area contributed by atoms with Crippen LogP contribution in [0.4, 0.5) is 4.79 Å². The van der Waals surface area contributed by atoms with E-state index in [1.807, 2.05) is 30.3 Å². The molecule has 0 saturated heterocycles. The van der Waals surface area contributed by atoms with Crippen molar-refractivity contribution in [1.29, 1.82) is 0 Å². The van der Waals surface area contributed by atoms with E-state index in [2.05, 4.69) is 20.7 Å². The van der Waals surface area contributed by atoms with Crippen LogP contribution in [0.1, 0.15) is 66.4 Å². The monoisotopic (exact) mass is 530 g/mol. The lowest BCUT2D eigenvalue weighted by molar-refractivity contribution is 0.0525. The van der Waals surface area contributed by atoms with Gasteiger partial charge in [-0.1, -0.05) is 30.3 Å². The number of nitrogens with one attached hydrogen (secondary N) is 3. The number of benzene rings is 1. The fourth-order valence-corrected chi connectivity index (χ4v) is 3.55. The smallest absolute Gasteiger partial charge is 0.407 e. The highest BCUT2D eigenvalue weighted by Crippen LogP contribution is 2.08. The second kappa shape index (κ2) is 14.8. The van der Waals surface area contributed by atoms with E-state index in [-0.39, 0.29) is 23.9 Å². The van der Waals surface area contributed by atoms with Gasteiger partial charge in [-0.05, 0) is 64.8 Å². The predicted octanol–water partition coefficient (Wildman–Crippen LogP) is 2.28. The first-order chi connectivity index (χ1) is 18.1. The van der Waals surface area contributed by atoms with Crippen molar-refractivity contribution < 1.29 is 28.7 Å². The van der Waals surface area contributed by atoms with Gasteiger partial charge in [0.1, 0.15) is 23.5 Å². The molecular weight excluding hydrogens is 492 g/mol. The van der Waals surface area contributed by atoms with Crippen molar-refractivity contribution in [3.63, 3.8) is 0 Å². The molecule has 2 aromatic rings. The first-order valence-corrected chi connectivity index (χ1v) is 12.5. The Kier molecular flexibility index (Phi) is 11.8. The molecule has 1 atom stereocenters. The topological polar surface area (TPSA) is 137 Å². The molecule has 0 bridgehead atoms. The molecule has 1 aromatic heterocycles. The molecule has 11 nitrogen and oxygen atoms in total. The third-order valence-electron chi connectivity index (χ3n) is 5.32. The normalized spacial score (nSPS) is 11.8. The SMILES string of the molecule is CNC[C@H](CCCCNC(=O)OC(C)(C)C)NC(=O)c1ccc(C(=O)OC)c(=O)n1OCc1ccccc1. The van der Waals surface area contributed by atoms with E-state index in [4.69, 9.17) is 9.57 Å². The molecule has 0 aliphatic carbocycles. The zero-order valence-corrected chi connectivity index (χ0v) is 22.7. The number of ether oxygens (including phenoxy) is 2. The number of nitrogens with zero attached hydrogens (tertiary/aromatic N) is 1. The molecule has 0 aliphatic heterocycles. The van der Waals surface area contributed by atoms with E-state index < -0.39 is 29.1 Å². The zero-order chi connectivity index (χ0) is 28.1. The van der Waals surface area contributed by atoms with Crippen molar-refractivity contribution in [2.24, 2.45) is 0 Å². The van der Waals surface area contributed by atoms with Gasteiger partial charge in [0.2, 0.25) is 0 Å². The predicted molar refractivity (Wildman–Crippen MR) is 142 cm³/mol. The van der Waals surface area contributed by atoms with Gasteiger partial charge in [0.15, 0.2) is 0 Å². The van der Waals surface area contributed by atoms with E-state index in [9.17, 15) is 19.2 Å². The van der Waals surface area contributed by atoms with Crippen LogP contribution in [0.2, 0.25) is 0 Å². The number of carbonyl (C=O) groups is 3. The van der Waals surface area contributed by atoms with Gasteiger partial charge in [-0.15, -0.1) is 4.73 Å². The molecular formula is C27H38N4O7. The second-order valence-electron chi connectivity index (χ2n) is 9.63. The molecule has 208 valence electrons. The maximum absolute atomic E-state index is 13.2. The second-order valence-corrected chi connectivity index (χ2v) is 9.63. The summed E-state index contributed by atoms with van der Waals surface area (Å²) in [5.41, 5.74) is -0.874. The molecule has 0 aliphatic rings. The maximum atomic E-state index is 13.2. The number of unbranched alkanes of at least 4 members (excludes halogenated alkanes) is 1. The van der Waals surface area contributed by atoms with Gasteiger partial charge >= 0.3 is 12.1 Å². The minimum atomic E-state index is -0.827. The van der Waals surface area contributed by atoms with Gasteiger partial charge < -0.3 is 30.3 Å². The number of likely N-dealkylation sites (N-methyl/N-ethyl adjacent to an activating group) is 1. The molecule has 1 heterocycles. The van der Waals surface area contributed by atoms with Crippen LogP contribution in [0, 0.1) is 0 Å². The molecule has 2 amide bonds. The number of aromatic nitrogens is 1. The van der Waals surface area contributed by atoms with Crippen molar-refractivity contribution >= 4 is 18.0 Å². The third-order valence-corrected chi connectivity index (χ3v) is 5.32. The van der Waals surface area contributed by atoms with Crippen LogP contribution in [-0.2, 0) is 16.1 Å². The van der Waals surface area contributed by atoms with Crippen molar-refractivity contribution in [2.75, 3.05) is 27.2 Å². The van der Waals surface area contributed by atoms with Crippen molar-refractivity contribution in [3.8, 4) is 0 Å². The summed E-state index contributed by atoms with van der Waals surface area (Å²) in [5, 5.41) is 8.69. The lowest BCUT2D eigenvalue weighted by atomic mass is 10.1. The van der Waals surface area contributed by atoms with Crippen molar-refractivity contribution in [2.45, 2.75) is 58.3 Å². The molecule has 38 heavy (non-hydrogen) atoms. The summed E-state index contributed by atoms with van der Waals surface area (Å²) < 4.78 is 10.7. The van der Waals surface area contributed by atoms with Gasteiger partial charge in [-0.3, -0.25) is 9.59 Å². The number of rotatable bonds is 13. The number of hydrogen-bond acceptors (Lipinski definition) is 8. The Bertz CT molecular complexity index is 1130. The number of amides is 2. The molecule has 0 radical (unpaired) electrons. The highest BCUT2D eigenvalue weighted by atomic mass is 16.7. The standard InChI is InChI=1S/C27H38N4O7/c1-27(2,3)38-26(35)29-16-10-9-13-20(17-28-4)30-23(32)22-15-14-21(25(34)36-5)24(33)31(22)37-18-19-11-7-6-8-12-19/h6-8,11-12,14-15,20,28H,9-10,13,16-18H2,1-5H3,(H,29,35)(H,30,32)/t20-/m0/s1. The summed E-state index contributed by atoms with van der Waals surface area (Å²) in [7, 11) is 2.94. The molecule has 1 aromatic carbocycles. The Balaban J connectivity index is 2.08. The molecule has 0 fully saturated rings. The van der Waals surface area contributed by atoms with E-state index in [0.29, 0.717) is 25.9 Å². The van der Waals surface area contributed by atoms with Gasteiger partial charge in [-0.2, -0.15) is 0 Å². The molecule has 3 N–H and O–H groups in total. The summed E-state index contributed by atoms with van der Waals surface area (Å²) in [6.07, 6.45) is 1.56. The van der Waals surface area contributed by atoms with Gasteiger partial charge in [0, 0.05) is 19.1 Å². The molecule has 0 saturated carbocycles. The largest absolute Gasteiger partial charge is 0.465 e. The molecule has 0 unspecified atom stereocenters. The fraction of sp³-hybridized carbons (Fsp3) is 0.481. The Labute approximate surface area is 222 Å². The van der Waals surface area contributed by atoms with Crippen LogP contribution in [-0.4, -0.2) is 61.6 Å². The summed E-state index contributed by atoms with van der Waals surface area (Å²) in [6, 6.07) is 11.5. The molecule has 0 spiro atoms. The van der Waals surface area contributed by atoms with E-state index in [1.54, 1.807) is 27.8 Å². The van der Waals surface area contributed by atoms with Crippen LogP contribution in [0.3, 0.4) is 0 Å². The number of pyridine rings is 1. The van der Waals surface area contributed by atoms with E-state index in [1.165, 1.54) is 19.2 Å². The number of methoxy groups -OCH3 is 1. The summed E-state index contributed by atoms with van der Waals surface area (Å²) in [5.74, 6) is -1.36. The third kappa shape index (κ3) is 9.89. The highest BCUT2D eigenvalue weighted by Gasteiger charge is 2.22. The maximum Gasteiger partial charge on any atom is 0.407 e. The molecule has 11 heteroatoms. The Morgan fingerprint density at radius 1 is 1.03 bits per heavy atom. The van der Waals surface area contributed by atoms with E-state index in [0.717, 1.165) is 16.7 Å². The summed E-state index contributed by atoms with van der Waals surface area (Å²) in [4.78, 5) is 55.7. The van der Waals surface area contributed by atoms with Gasteiger partial charge in [0.25, 0.3) is 11.5 Å². The minimum Gasteiger partial charge on any atom is -0.465 e. The van der Waals surface area contributed by atoms with Crippen LogP contribution in [0.15, 0.2) is 47.3 Å². The zero-order valence-electron chi connectivity index (χ0n) is 22.7. The highest BCUT2D eigenvalue weighted by molar-refractivity contribution is 5.94. The number of hydrogen-bond donors (Lipinski definition) is 3. The fourth-order valence-electron chi connectivity index (χ4n) is 3.55. The first-order valence-electron chi connectivity index (χ1n) is 12.5. The average Bonchev–Trinajstić information content (AvgIpc) is 2.86. The minimum absolute atomic E-state index is 0.0102. The average molecular weight is 531 g/mol. The first kappa shape index (κ1) is 30.4. The summed E-state index contributed by atoms with van der Waals surface area (Å²) >= 11 is 0. The lowest BCUT2D eigenvalue weighted by Gasteiger charge is -2.21. The Hall–Kier alpha value is -3.86. The lowest BCUT2D eigenvalue weighted by Crippen LogP contribution is -2.44. The van der Waals surface area contributed by atoms with Crippen molar-refractivity contribution in [3.05, 3.63) is 69.6 Å². The van der Waals surface area contributed by atoms with Crippen LogP contribution >= 0.6 is 0 Å². The van der Waals surface area contributed by atoms with Crippen molar-refractivity contribution in [1.82, 2.24) is 20.7 Å². The molecule has 2 rings (SSSR count). The number of esters is 1. The van der Waals surface area contributed by atoms with Gasteiger partial charge in [-0.25, -0.2) is 9.59 Å². The van der Waals surface area contributed by atoms with Crippen LogP contribution in [0.5, 0.6) is 0 Å². The Morgan fingerprint density at radius 3 is 2.37 bits per heavy atom. The quantitative estimate of drug-likeness (QED) is 0.265. The van der Waals surface area contributed by atoms with Crippen LogP contribution in [0.25, 0.3) is 0 Å². The number of alkyl carbamates (subject to hydrolysis) is 1. The van der Waals surface area contributed by atoms with Gasteiger partial charge in [0.05, 0.1) is 7.11 Å². The van der Waals surface area contributed by atoms with Crippen LogP contribution < -0.4 is 26.3 Å². The Morgan fingerprint density at radius 2 is 1.74 bits per heavy atom. The van der Waals surface area contributed by atoms with E-state index >= 15 is 0 Å².